The van der Waals surface area contributed by atoms with Crippen molar-refractivity contribution in [3.8, 4) is 5.75 Å². The van der Waals surface area contributed by atoms with Gasteiger partial charge in [0, 0.05) is 42.6 Å². The Morgan fingerprint density at radius 3 is 3.00 bits per heavy atom. The molecule has 0 radical (unpaired) electrons. The summed E-state index contributed by atoms with van der Waals surface area (Å²) in [5, 5.41) is 0.739. The Hall–Kier alpha value is -2.17. The van der Waals surface area contributed by atoms with E-state index in [1.807, 2.05) is 30.3 Å². The van der Waals surface area contributed by atoms with Crippen LogP contribution in [0.5, 0.6) is 5.75 Å². The Balaban J connectivity index is 1.66. The summed E-state index contributed by atoms with van der Waals surface area (Å²) in [7, 11) is 0. The molecule has 1 atom stereocenters. The van der Waals surface area contributed by atoms with Crippen molar-refractivity contribution < 1.29 is 4.74 Å². The Labute approximate surface area is 146 Å². The molecule has 0 N–H and O–H groups in total. The first-order valence-electron chi connectivity index (χ1n) is 8.05. The van der Waals surface area contributed by atoms with E-state index in [1.54, 1.807) is 12.4 Å². The molecule has 1 unspecified atom stereocenters. The molecule has 4 rings (SSSR count). The topological polar surface area (TPSA) is 38.2 Å². The summed E-state index contributed by atoms with van der Waals surface area (Å²) in [5.41, 5.74) is 4.19. The minimum Gasteiger partial charge on any atom is -0.489 e. The fourth-order valence-corrected chi connectivity index (χ4v) is 3.45. The maximum absolute atomic E-state index is 6.16. The standard InChI is InChI=1S/C19H18ClN3O/c1-13-10-23(12-15-9-16(20)5-6-18(15)24-13)11-14-3-2-4-17-19(14)22-8-7-21-17/h2-9,13H,10-12H2,1H3. The number of fused-ring (bicyclic) bond motifs is 2. The lowest BCUT2D eigenvalue weighted by Crippen LogP contribution is -2.30. The van der Waals surface area contributed by atoms with E-state index in [0.29, 0.717) is 0 Å². The third-order valence-electron chi connectivity index (χ3n) is 4.24. The van der Waals surface area contributed by atoms with Crippen LogP contribution in [0.1, 0.15) is 18.1 Å². The number of ether oxygens (including phenoxy) is 1. The van der Waals surface area contributed by atoms with Crippen LogP contribution in [-0.4, -0.2) is 27.5 Å². The van der Waals surface area contributed by atoms with Crippen LogP contribution in [0.3, 0.4) is 0 Å². The summed E-state index contributed by atoms with van der Waals surface area (Å²) >= 11 is 6.16. The normalized spacial score (nSPS) is 18.0. The molecule has 0 amide bonds. The molecule has 2 heterocycles. The van der Waals surface area contributed by atoms with Crippen LogP contribution >= 0.6 is 11.6 Å². The van der Waals surface area contributed by atoms with Crippen LogP contribution in [-0.2, 0) is 13.1 Å². The number of para-hydroxylation sites is 1. The minimum absolute atomic E-state index is 0.119. The fourth-order valence-electron chi connectivity index (χ4n) is 3.25. The highest BCUT2D eigenvalue weighted by Gasteiger charge is 2.21. The van der Waals surface area contributed by atoms with Gasteiger partial charge in [0.2, 0.25) is 0 Å². The van der Waals surface area contributed by atoms with E-state index in [2.05, 4.69) is 27.9 Å². The predicted molar refractivity (Wildman–Crippen MR) is 95.2 cm³/mol. The van der Waals surface area contributed by atoms with E-state index in [-0.39, 0.29) is 6.10 Å². The molecule has 0 spiro atoms. The van der Waals surface area contributed by atoms with Crippen molar-refractivity contribution in [3.05, 3.63) is 64.9 Å². The SMILES string of the molecule is CC1CN(Cc2cccc3nccnc23)Cc2cc(Cl)ccc2O1. The van der Waals surface area contributed by atoms with Crippen molar-refractivity contribution in [2.24, 2.45) is 0 Å². The Morgan fingerprint density at radius 1 is 1.21 bits per heavy atom. The molecule has 0 bridgehead atoms. The van der Waals surface area contributed by atoms with Gasteiger partial charge in [0.1, 0.15) is 11.9 Å². The van der Waals surface area contributed by atoms with E-state index in [1.165, 1.54) is 5.56 Å². The van der Waals surface area contributed by atoms with Crippen molar-refractivity contribution >= 4 is 22.6 Å². The summed E-state index contributed by atoms with van der Waals surface area (Å²) in [6, 6.07) is 12.0. The maximum atomic E-state index is 6.16. The summed E-state index contributed by atoms with van der Waals surface area (Å²) in [6.07, 6.45) is 3.59. The lowest BCUT2D eigenvalue weighted by atomic mass is 10.1. The predicted octanol–water partition coefficient (Wildman–Crippen LogP) is 4.07. The summed E-state index contributed by atoms with van der Waals surface area (Å²) in [5.74, 6) is 0.923. The van der Waals surface area contributed by atoms with Gasteiger partial charge in [0.25, 0.3) is 0 Å². The third kappa shape index (κ3) is 3.07. The van der Waals surface area contributed by atoms with Crippen LogP contribution in [0.25, 0.3) is 11.0 Å². The molecule has 1 aliphatic rings. The second kappa shape index (κ2) is 6.38. The highest BCUT2D eigenvalue weighted by Crippen LogP contribution is 2.29. The summed E-state index contributed by atoms with van der Waals surface area (Å²) in [4.78, 5) is 11.3. The van der Waals surface area contributed by atoms with E-state index in [4.69, 9.17) is 16.3 Å². The van der Waals surface area contributed by atoms with Crippen molar-refractivity contribution in [2.75, 3.05) is 6.54 Å². The monoisotopic (exact) mass is 339 g/mol. The average molecular weight is 340 g/mol. The van der Waals surface area contributed by atoms with Crippen molar-refractivity contribution in [1.29, 1.82) is 0 Å². The van der Waals surface area contributed by atoms with Gasteiger partial charge >= 0.3 is 0 Å². The van der Waals surface area contributed by atoms with Crippen LogP contribution < -0.4 is 4.74 Å². The molecule has 24 heavy (non-hydrogen) atoms. The van der Waals surface area contributed by atoms with Crippen LogP contribution in [0.2, 0.25) is 5.02 Å². The lowest BCUT2D eigenvalue weighted by Gasteiger charge is -2.22. The number of halogens is 1. The summed E-state index contributed by atoms with van der Waals surface area (Å²) in [6.45, 7) is 4.55. The maximum Gasteiger partial charge on any atom is 0.124 e. The first kappa shape index (κ1) is 15.4. The number of hydrogen-bond donors (Lipinski definition) is 0. The second-order valence-electron chi connectivity index (χ2n) is 6.19. The molecular formula is C19H18ClN3O. The van der Waals surface area contributed by atoms with E-state index in [9.17, 15) is 0 Å². The van der Waals surface area contributed by atoms with Gasteiger partial charge in [-0.1, -0.05) is 23.7 Å². The molecule has 0 saturated heterocycles. The van der Waals surface area contributed by atoms with E-state index >= 15 is 0 Å². The quantitative estimate of drug-likeness (QED) is 0.705. The van der Waals surface area contributed by atoms with Crippen LogP contribution in [0.4, 0.5) is 0 Å². The van der Waals surface area contributed by atoms with Crippen molar-refractivity contribution in [2.45, 2.75) is 26.1 Å². The second-order valence-corrected chi connectivity index (χ2v) is 6.63. The van der Waals surface area contributed by atoms with Gasteiger partial charge in [0.05, 0.1) is 11.0 Å². The van der Waals surface area contributed by atoms with E-state index < -0.39 is 0 Å². The van der Waals surface area contributed by atoms with Gasteiger partial charge in [-0.2, -0.15) is 0 Å². The highest BCUT2D eigenvalue weighted by molar-refractivity contribution is 6.30. The smallest absolute Gasteiger partial charge is 0.124 e. The van der Waals surface area contributed by atoms with E-state index in [0.717, 1.165) is 47.0 Å². The third-order valence-corrected chi connectivity index (χ3v) is 4.47. The molecule has 122 valence electrons. The number of aromatic nitrogens is 2. The molecule has 2 aromatic carbocycles. The molecule has 1 aromatic heterocycles. The average Bonchev–Trinajstić information content (AvgIpc) is 2.72. The molecule has 5 heteroatoms. The first-order chi connectivity index (χ1) is 11.7. The van der Waals surface area contributed by atoms with Crippen LogP contribution in [0.15, 0.2) is 48.8 Å². The lowest BCUT2D eigenvalue weighted by molar-refractivity contribution is 0.156. The Kier molecular flexibility index (Phi) is 4.08. The fraction of sp³-hybridized carbons (Fsp3) is 0.263. The first-order valence-corrected chi connectivity index (χ1v) is 8.43. The van der Waals surface area contributed by atoms with Gasteiger partial charge < -0.3 is 4.74 Å². The molecule has 3 aromatic rings. The molecular weight excluding hydrogens is 322 g/mol. The van der Waals surface area contributed by atoms with Crippen LogP contribution in [0, 0.1) is 0 Å². The Morgan fingerprint density at radius 2 is 2.08 bits per heavy atom. The molecule has 1 aliphatic heterocycles. The molecule has 0 aliphatic carbocycles. The largest absolute Gasteiger partial charge is 0.489 e. The number of nitrogens with zero attached hydrogens (tertiary/aromatic N) is 3. The zero-order chi connectivity index (χ0) is 16.5. The Bertz CT molecular complexity index is 878. The van der Waals surface area contributed by atoms with Crippen molar-refractivity contribution in [1.82, 2.24) is 14.9 Å². The van der Waals surface area contributed by atoms with Gasteiger partial charge in [-0.15, -0.1) is 0 Å². The van der Waals surface area contributed by atoms with Crippen molar-refractivity contribution in [3.63, 3.8) is 0 Å². The summed E-state index contributed by atoms with van der Waals surface area (Å²) < 4.78 is 6.04. The molecule has 0 fully saturated rings. The van der Waals surface area contributed by atoms with Gasteiger partial charge in [0.15, 0.2) is 0 Å². The number of hydrogen-bond acceptors (Lipinski definition) is 4. The van der Waals surface area contributed by atoms with Gasteiger partial charge in [-0.05, 0) is 36.8 Å². The van der Waals surface area contributed by atoms with Gasteiger partial charge in [-0.3, -0.25) is 14.9 Å². The zero-order valence-corrected chi connectivity index (χ0v) is 14.2. The van der Waals surface area contributed by atoms with Gasteiger partial charge in [-0.25, -0.2) is 0 Å². The zero-order valence-electron chi connectivity index (χ0n) is 13.4. The molecule has 4 nitrogen and oxygen atoms in total. The minimum atomic E-state index is 0.119. The highest BCUT2D eigenvalue weighted by atomic mass is 35.5. The molecule has 0 saturated carbocycles. The number of rotatable bonds is 2. The number of benzene rings is 2.